The van der Waals surface area contributed by atoms with E-state index in [1.165, 1.54) is 25.3 Å². The fraction of sp³-hybridized carbons (Fsp3) is 0.500. The zero-order chi connectivity index (χ0) is 15.1. The first-order valence-electron chi connectivity index (χ1n) is 8.24. The van der Waals surface area contributed by atoms with E-state index in [1.807, 2.05) is 10.6 Å². The molecule has 0 radical (unpaired) electrons. The molecule has 0 amide bonds. The van der Waals surface area contributed by atoms with Gasteiger partial charge in [-0.25, -0.2) is 9.37 Å². The Kier molecular flexibility index (Phi) is 3.49. The molecule has 22 heavy (non-hydrogen) atoms. The van der Waals surface area contributed by atoms with Gasteiger partial charge in [0.15, 0.2) is 0 Å². The number of rotatable bonds is 3. The molecule has 1 aromatic carbocycles. The topological polar surface area (TPSA) is 38.1 Å². The third kappa shape index (κ3) is 2.17. The van der Waals surface area contributed by atoms with Crippen molar-refractivity contribution in [2.45, 2.75) is 50.7 Å². The summed E-state index contributed by atoms with van der Waals surface area (Å²) in [5, 5.41) is 10.7. The summed E-state index contributed by atoms with van der Waals surface area (Å²) >= 11 is 0. The van der Waals surface area contributed by atoms with Crippen LogP contribution in [-0.2, 0) is 0 Å². The quantitative estimate of drug-likeness (QED) is 0.933. The average Bonchev–Trinajstić information content (AvgIpc) is 3.11. The molecule has 1 N–H and O–H groups in total. The molecule has 1 aliphatic carbocycles. The summed E-state index contributed by atoms with van der Waals surface area (Å²) in [6.07, 6.45) is 9.73. The maximum atomic E-state index is 14.2. The molecule has 1 aromatic heterocycles. The van der Waals surface area contributed by atoms with E-state index < -0.39 is 0 Å². The molecule has 0 saturated heterocycles. The molecule has 1 fully saturated rings. The largest absolute Gasteiger partial charge is 0.393 e. The number of halogens is 1. The van der Waals surface area contributed by atoms with Crippen LogP contribution in [-0.4, -0.2) is 20.8 Å². The summed E-state index contributed by atoms with van der Waals surface area (Å²) in [4.78, 5) is 4.17. The lowest BCUT2D eigenvalue weighted by molar-refractivity contribution is 0.0686. The van der Waals surface area contributed by atoms with E-state index in [1.54, 1.807) is 18.6 Å². The van der Waals surface area contributed by atoms with E-state index in [9.17, 15) is 9.50 Å². The number of fused-ring (bicyclic) bond motifs is 3. The van der Waals surface area contributed by atoms with Gasteiger partial charge in [-0.2, -0.15) is 0 Å². The van der Waals surface area contributed by atoms with Crippen LogP contribution in [0.4, 0.5) is 4.39 Å². The van der Waals surface area contributed by atoms with Gasteiger partial charge in [0.2, 0.25) is 0 Å². The molecular formula is C18H21FN2O. The van der Waals surface area contributed by atoms with Gasteiger partial charge in [-0.15, -0.1) is 0 Å². The second-order valence-corrected chi connectivity index (χ2v) is 6.61. The van der Waals surface area contributed by atoms with Gasteiger partial charge in [0.1, 0.15) is 5.82 Å². The number of aliphatic hydroxyl groups is 1. The van der Waals surface area contributed by atoms with E-state index in [2.05, 4.69) is 4.98 Å². The molecular weight excluding hydrogens is 279 g/mol. The SMILES string of the molecule is O[C@@H](C[C@@H]1c2cccc(F)c2-c2cncn21)C1CCCCC1. The van der Waals surface area contributed by atoms with Crippen molar-refractivity contribution in [3.8, 4) is 11.3 Å². The lowest BCUT2D eigenvalue weighted by Gasteiger charge is -2.29. The van der Waals surface area contributed by atoms with E-state index in [-0.39, 0.29) is 18.0 Å². The number of aliphatic hydroxyl groups excluding tert-OH is 1. The van der Waals surface area contributed by atoms with Gasteiger partial charge in [0.05, 0.1) is 30.4 Å². The smallest absolute Gasteiger partial charge is 0.132 e. The minimum absolute atomic E-state index is 0.000117. The zero-order valence-electron chi connectivity index (χ0n) is 12.6. The van der Waals surface area contributed by atoms with Gasteiger partial charge in [-0.3, -0.25) is 0 Å². The molecule has 4 heteroatoms. The number of hydrogen-bond donors (Lipinski definition) is 1. The average molecular weight is 300 g/mol. The van der Waals surface area contributed by atoms with Crippen LogP contribution in [0.15, 0.2) is 30.7 Å². The lowest BCUT2D eigenvalue weighted by Crippen LogP contribution is -2.26. The number of imidazole rings is 1. The van der Waals surface area contributed by atoms with Gasteiger partial charge < -0.3 is 9.67 Å². The highest BCUT2D eigenvalue weighted by molar-refractivity contribution is 5.69. The molecule has 0 spiro atoms. The van der Waals surface area contributed by atoms with Crippen LogP contribution < -0.4 is 0 Å². The first kappa shape index (κ1) is 13.9. The van der Waals surface area contributed by atoms with Gasteiger partial charge in [-0.1, -0.05) is 31.4 Å². The lowest BCUT2D eigenvalue weighted by atomic mass is 9.82. The molecule has 4 rings (SSSR count). The van der Waals surface area contributed by atoms with Crippen LogP contribution in [0, 0.1) is 11.7 Å². The highest BCUT2D eigenvalue weighted by Gasteiger charge is 2.34. The van der Waals surface area contributed by atoms with Crippen molar-refractivity contribution in [3.05, 3.63) is 42.1 Å². The Labute approximate surface area is 129 Å². The van der Waals surface area contributed by atoms with E-state index >= 15 is 0 Å². The van der Waals surface area contributed by atoms with Crippen LogP contribution in [0.2, 0.25) is 0 Å². The van der Waals surface area contributed by atoms with Gasteiger partial charge in [0.25, 0.3) is 0 Å². The summed E-state index contributed by atoms with van der Waals surface area (Å²) in [6, 6.07) is 5.23. The van der Waals surface area contributed by atoms with E-state index in [0.29, 0.717) is 17.9 Å². The Bertz CT molecular complexity index is 675. The molecule has 0 unspecified atom stereocenters. The fourth-order valence-electron chi connectivity index (χ4n) is 4.17. The highest BCUT2D eigenvalue weighted by Crippen LogP contribution is 2.43. The molecule has 1 aliphatic heterocycles. The Morgan fingerprint density at radius 2 is 2.09 bits per heavy atom. The molecule has 0 bridgehead atoms. The molecule has 3 nitrogen and oxygen atoms in total. The van der Waals surface area contributed by atoms with Crippen LogP contribution in [0.25, 0.3) is 11.3 Å². The van der Waals surface area contributed by atoms with Crippen LogP contribution in [0.1, 0.15) is 50.1 Å². The highest BCUT2D eigenvalue weighted by atomic mass is 19.1. The number of benzene rings is 1. The maximum Gasteiger partial charge on any atom is 0.132 e. The Hall–Kier alpha value is -1.68. The monoisotopic (exact) mass is 300 g/mol. The first-order chi connectivity index (χ1) is 10.8. The number of aromatic nitrogens is 2. The summed E-state index contributed by atoms with van der Waals surface area (Å²) in [7, 11) is 0. The molecule has 116 valence electrons. The van der Waals surface area contributed by atoms with Gasteiger partial charge in [-0.05, 0) is 36.8 Å². The minimum atomic E-state index is -0.324. The second kappa shape index (κ2) is 5.51. The third-order valence-corrected chi connectivity index (χ3v) is 5.32. The summed E-state index contributed by atoms with van der Waals surface area (Å²) in [6.45, 7) is 0. The van der Waals surface area contributed by atoms with Crippen LogP contribution in [0.5, 0.6) is 0 Å². The van der Waals surface area contributed by atoms with Gasteiger partial charge in [0, 0.05) is 5.56 Å². The zero-order valence-corrected chi connectivity index (χ0v) is 12.6. The minimum Gasteiger partial charge on any atom is -0.393 e. The predicted molar refractivity (Wildman–Crippen MR) is 83.0 cm³/mol. The Balaban J connectivity index is 1.64. The molecule has 2 atom stereocenters. The maximum absolute atomic E-state index is 14.2. The molecule has 2 aromatic rings. The van der Waals surface area contributed by atoms with Crippen molar-refractivity contribution >= 4 is 0 Å². The Morgan fingerprint density at radius 1 is 1.27 bits per heavy atom. The van der Waals surface area contributed by atoms with Crippen molar-refractivity contribution in [1.29, 1.82) is 0 Å². The van der Waals surface area contributed by atoms with Gasteiger partial charge >= 0.3 is 0 Å². The normalized spacial score (nSPS) is 22.4. The third-order valence-electron chi connectivity index (χ3n) is 5.32. The standard InChI is InChI=1S/C18H21FN2O/c19-14-8-4-7-13-15(21-11-20-10-16(21)18(13)14)9-17(22)12-5-2-1-3-6-12/h4,7-8,10-12,15,17,22H,1-3,5-6,9H2/t15-,17+/m1/s1. The molecule has 2 heterocycles. The summed E-state index contributed by atoms with van der Waals surface area (Å²) in [5.41, 5.74) is 2.46. The van der Waals surface area contributed by atoms with Crippen molar-refractivity contribution in [2.24, 2.45) is 5.92 Å². The number of nitrogens with zero attached hydrogens (tertiary/aromatic N) is 2. The molecule has 2 aliphatic rings. The van der Waals surface area contributed by atoms with E-state index in [0.717, 1.165) is 24.1 Å². The second-order valence-electron chi connectivity index (χ2n) is 6.61. The van der Waals surface area contributed by atoms with Crippen molar-refractivity contribution in [3.63, 3.8) is 0 Å². The first-order valence-corrected chi connectivity index (χ1v) is 8.24. The fourth-order valence-corrected chi connectivity index (χ4v) is 4.17. The summed E-state index contributed by atoms with van der Waals surface area (Å²) in [5.74, 6) is 0.187. The Morgan fingerprint density at radius 3 is 2.91 bits per heavy atom. The summed E-state index contributed by atoms with van der Waals surface area (Å²) < 4.78 is 16.2. The predicted octanol–water partition coefficient (Wildman–Crippen LogP) is 3.92. The van der Waals surface area contributed by atoms with Crippen molar-refractivity contribution < 1.29 is 9.50 Å². The van der Waals surface area contributed by atoms with Crippen LogP contribution >= 0.6 is 0 Å². The van der Waals surface area contributed by atoms with E-state index in [4.69, 9.17) is 0 Å². The number of hydrogen-bond acceptors (Lipinski definition) is 2. The van der Waals surface area contributed by atoms with Crippen LogP contribution in [0.3, 0.4) is 0 Å². The van der Waals surface area contributed by atoms with Crippen molar-refractivity contribution in [1.82, 2.24) is 9.55 Å². The molecule has 1 saturated carbocycles. The van der Waals surface area contributed by atoms with Crippen molar-refractivity contribution in [2.75, 3.05) is 0 Å².